The SMILES string of the molecule is CC(O)CCNC(=O)c1cc(F)cnc1Cl. The first-order valence-electron chi connectivity index (χ1n) is 4.78. The highest BCUT2D eigenvalue weighted by molar-refractivity contribution is 6.32. The lowest BCUT2D eigenvalue weighted by Crippen LogP contribution is -2.27. The van der Waals surface area contributed by atoms with E-state index in [1.165, 1.54) is 0 Å². The number of aromatic nitrogens is 1. The van der Waals surface area contributed by atoms with E-state index in [1.807, 2.05) is 0 Å². The Morgan fingerprint density at radius 3 is 3.06 bits per heavy atom. The van der Waals surface area contributed by atoms with Crippen LogP contribution in [-0.2, 0) is 0 Å². The maximum atomic E-state index is 12.8. The molecule has 88 valence electrons. The van der Waals surface area contributed by atoms with Crippen LogP contribution in [0.2, 0.25) is 5.15 Å². The number of hydrogen-bond donors (Lipinski definition) is 2. The van der Waals surface area contributed by atoms with Crippen molar-refractivity contribution >= 4 is 17.5 Å². The molecule has 1 heterocycles. The molecule has 1 aromatic rings. The molecule has 0 spiro atoms. The van der Waals surface area contributed by atoms with Crippen LogP contribution in [0.25, 0.3) is 0 Å². The highest BCUT2D eigenvalue weighted by atomic mass is 35.5. The molecule has 1 aromatic heterocycles. The molecule has 1 unspecified atom stereocenters. The zero-order chi connectivity index (χ0) is 12.1. The van der Waals surface area contributed by atoms with Crippen molar-refractivity contribution in [2.45, 2.75) is 19.4 Å². The van der Waals surface area contributed by atoms with E-state index in [2.05, 4.69) is 10.3 Å². The van der Waals surface area contributed by atoms with Gasteiger partial charge in [-0.2, -0.15) is 0 Å². The fourth-order valence-corrected chi connectivity index (χ4v) is 1.26. The third kappa shape index (κ3) is 3.75. The number of aliphatic hydroxyl groups is 1. The van der Waals surface area contributed by atoms with Crippen LogP contribution >= 0.6 is 11.6 Å². The molecule has 0 saturated carbocycles. The van der Waals surface area contributed by atoms with Crippen LogP contribution in [0.3, 0.4) is 0 Å². The lowest BCUT2D eigenvalue weighted by Gasteiger charge is -2.07. The number of halogens is 2. The molecule has 0 fully saturated rings. The Bertz CT molecular complexity index is 385. The lowest BCUT2D eigenvalue weighted by molar-refractivity contribution is 0.0945. The van der Waals surface area contributed by atoms with Crippen LogP contribution in [0, 0.1) is 5.82 Å². The Hall–Kier alpha value is -1.20. The molecule has 0 aliphatic heterocycles. The van der Waals surface area contributed by atoms with E-state index in [9.17, 15) is 9.18 Å². The minimum atomic E-state index is -0.620. The highest BCUT2D eigenvalue weighted by Gasteiger charge is 2.12. The van der Waals surface area contributed by atoms with Crippen LogP contribution < -0.4 is 5.32 Å². The fraction of sp³-hybridized carbons (Fsp3) is 0.400. The van der Waals surface area contributed by atoms with Crippen LogP contribution in [0.15, 0.2) is 12.3 Å². The molecule has 0 bridgehead atoms. The van der Waals surface area contributed by atoms with Crippen LogP contribution in [-0.4, -0.2) is 28.6 Å². The quantitative estimate of drug-likeness (QED) is 0.789. The average Bonchev–Trinajstić information content (AvgIpc) is 2.21. The van der Waals surface area contributed by atoms with Crippen molar-refractivity contribution in [3.63, 3.8) is 0 Å². The van der Waals surface area contributed by atoms with Gasteiger partial charge in [0.2, 0.25) is 0 Å². The van der Waals surface area contributed by atoms with E-state index in [4.69, 9.17) is 16.7 Å². The van der Waals surface area contributed by atoms with Gasteiger partial charge in [0.1, 0.15) is 11.0 Å². The van der Waals surface area contributed by atoms with Gasteiger partial charge in [0.05, 0.1) is 17.9 Å². The van der Waals surface area contributed by atoms with Gasteiger partial charge in [-0.05, 0) is 19.4 Å². The van der Waals surface area contributed by atoms with Gasteiger partial charge in [-0.1, -0.05) is 11.6 Å². The summed E-state index contributed by atoms with van der Waals surface area (Å²) in [6, 6.07) is 1.02. The molecule has 6 heteroatoms. The van der Waals surface area contributed by atoms with E-state index in [0.717, 1.165) is 12.3 Å². The van der Waals surface area contributed by atoms with Crippen molar-refractivity contribution in [1.82, 2.24) is 10.3 Å². The van der Waals surface area contributed by atoms with Gasteiger partial charge in [0.15, 0.2) is 0 Å². The van der Waals surface area contributed by atoms with E-state index in [0.29, 0.717) is 13.0 Å². The minimum absolute atomic E-state index is 0.00717. The van der Waals surface area contributed by atoms with Crippen molar-refractivity contribution in [2.75, 3.05) is 6.54 Å². The van der Waals surface area contributed by atoms with Gasteiger partial charge < -0.3 is 10.4 Å². The first kappa shape index (κ1) is 12.9. The van der Waals surface area contributed by atoms with Gasteiger partial charge in [-0.15, -0.1) is 0 Å². The standard InChI is InChI=1S/C10H12ClFN2O2/c1-6(15)2-3-13-10(16)8-4-7(12)5-14-9(8)11/h4-6,15H,2-3H2,1H3,(H,13,16). The number of amides is 1. The minimum Gasteiger partial charge on any atom is -0.393 e. The van der Waals surface area contributed by atoms with Gasteiger partial charge in [-0.25, -0.2) is 9.37 Å². The van der Waals surface area contributed by atoms with E-state index < -0.39 is 17.8 Å². The molecule has 1 rings (SSSR count). The fourth-order valence-electron chi connectivity index (χ4n) is 1.07. The Morgan fingerprint density at radius 1 is 1.75 bits per heavy atom. The smallest absolute Gasteiger partial charge is 0.254 e. The molecule has 0 aliphatic carbocycles. The average molecular weight is 247 g/mol. The summed E-state index contributed by atoms with van der Waals surface area (Å²) in [5.41, 5.74) is -0.00717. The predicted octanol–water partition coefficient (Wildman–Crippen LogP) is 1.37. The first-order chi connectivity index (χ1) is 7.50. The topological polar surface area (TPSA) is 62.2 Å². The number of aliphatic hydroxyl groups excluding tert-OH is 1. The molecule has 1 atom stereocenters. The number of pyridine rings is 1. The molecular formula is C10H12ClFN2O2. The number of nitrogens with one attached hydrogen (secondary N) is 1. The summed E-state index contributed by atoms with van der Waals surface area (Å²) in [5, 5.41) is 11.4. The van der Waals surface area contributed by atoms with Crippen LogP contribution in [0.1, 0.15) is 23.7 Å². The number of rotatable bonds is 4. The molecule has 16 heavy (non-hydrogen) atoms. The third-order valence-corrected chi connectivity index (χ3v) is 2.20. The second kappa shape index (κ2) is 5.77. The molecule has 0 aromatic carbocycles. The number of carbonyl (C=O) groups excluding carboxylic acids is 1. The first-order valence-corrected chi connectivity index (χ1v) is 5.16. The van der Waals surface area contributed by atoms with Gasteiger partial charge in [-0.3, -0.25) is 4.79 Å². The monoisotopic (exact) mass is 246 g/mol. The van der Waals surface area contributed by atoms with Gasteiger partial charge in [0.25, 0.3) is 5.91 Å². The highest BCUT2D eigenvalue weighted by Crippen LogP contribution is 2.13. The summed E-state index contributed by atoms with van der Waals surface area (Å²) in [5.74, 6) is -1.12. The maximum Gasteiger partial charge on any atom is 0.254 e. The van der Waals surface area contributed by atoms with Gasteiger partial charge >= 0.3 is 0 Å². The van der Waals surface area contributed by atoms with E-state index >= 15 is 0 Å². The zero-order valence-electron chi connectivity index (χ0n) is 8.70. The summed E-state index contributed by atoms with van der Waals surface area (Å²) < 4.78 is 12.8. The Balaban J connectivity index is 2.62. The number of hydrogen-bond acceptors (Lipinski definition) is 3. The third-order valence-electron chi connectivity index (χ3n) is 1.90. The Kier molecular flexibility index (Phi) is 4.64. The normalized spacial score (nSPS) is 12.2. The molecular weight excluding hydrogens is 235 g/mol. The van der Waals surface area contributed by atoms with Crippen LogP contribution in [0.4, 0.5) is 4.39 Å². The molecule has 2 N–H and O–H groups in total. The number of nitrogens with zero attached hydrogens (tertiary/aromatic N) is 1. The van der Waals surface area contributed by atoms with Crippen molar-refractivity contribution in [2.24, 2.45) is 0 Å². The molecule has 0 radical (unpaired) electrons. The molecule has 0 aliphatic rings. The summed E-state index contributed by atoms with van der Waals surface area (Å²) in [7, 11) is 0. The maximum absolute atomic E-state index is 12.8. The van der Waals surface area contributed by atoms with Crippen molar-refractivity contribution in [3.05, 3.63) is 28.8 Å². The second-order valence-corrected chi connectivity index (χ2v) is 3.74. The van der Waals surface area contributed by atoms with Gasteiger partial charge in [0, 0.05) is 6.54 Å². The van der Waals surface area contributed by atoms with Crippen molar-refractivity contribution < 1.29 is 14.3 Å². The summed E-state index contributed by atoms with van der Waals surface area (Å²) in [4.78, 5) is 15.0. The summed E-state index contributed by atoms with van der Waals surface area (Å²) >= 11 is 5.64. The number of carbonyl (C=O) groups is 1. The zero-order valence-corrected chi connectivity index (χ0v) is 9.46. The summed E-state index contributed by atoms with van der Waals surface area (Å²) in [6.45, 7) is 1.91. The van der Waals surface area contributed by atoms with Crippen molar-refractivity contribution in [3.8, 4) is 0 Å². The van der Waals surface area contributed by atoms with E-state index in [-0.39, 0.29) is 10.7 Å². The predicted molar refractivity (Wildman–Crippen MR) is 57.8 cm³/mol. The lowest BCUT2D eigenvalue weighted by atomic mass is 10.2. The summed E-state index contributed by atoms with van der Waals surface area (Å²) in [6.07, 6.45) is 0.863. The van der Waals surface area contributed by atoms with E-state index in [1.54, 1.807) is 6.92 Å². The molecule has 1 amide bonds. The largest absolute Gasteiger partial charge is 0.393 e. The molecule has 4 nitrogen and oxygen atoms in total. The van der Waals surface area contributed by atoms with Crippen LogP contribution in [0.5, 0.6) is 0 Å². The molecule has 0 saturated heterocycles. The Labute approximate surface area is 97.5 Å². The van der Waals surface area contributed by atoms with Crippen molar-refractivity contribution in [1.29, 1.82) is 0 Å². The Morgan fingerprint density at radius 2 is 2.44 bits per heavy atom. The second-order valence-electron chi connectivity index (χ2n) is 3.39.